The van der Waals surface area contributed by atoms with E-state index in [1.54, 1.807) is 114 Å². The van der Waals surface area contributed by atoms with Crippen molar-refractivity contribution in [2.45, 2.75) is 84.4 Å². The highest BCUT2D eigenvalue weighted by Gasteiger charge is 2.37. The average Bonchev–Trinajstić information content (AvgIpc) is 1.65. The second-order valence-corrected chi connectivity index (χ2v) is 33.9. The first-order valence-corrected chi connectivity index (χ1v) is 44.9. The van der Waals surface area contributed by atoms with Gasteiger partial charge in [-0.25, -0.2) is 99.7 Å². The molecule has 730 valence electrons. The SMILES string of the molecule is CC(=O)N1CCCN(c2ccnc(-c3cnc4cnc(C(N)=O)cn34)n2)CC1.CC(=O)N1CCN(c2nc(C)cc(-c3cnc4cnc(C(N)=O)cn34)n2)CC1.CC1CCCN(c2nccc(-c3cnc4cnc(C(N)=O)cn34)n2)C1.CC1CN(c2ccnc(-c3cnc4cnc(C(F)(F)F)cn34)n2)CC(c2cn[nH]c2)N1.FC(F)(F)c1cn2c(-c3ccnc(N4CCOC(c5cn[nH]c5)C4)n3)cnc2cn1. The molecule has 5 aliphatic heterocycles. The number of aromatic amines is 2. The number of imidazole rings is 5. The van der Waals surface area contributed by atoms with E-state index in [-0.39, 0.29) is 58.6 Å². The monoisotopic (exact) mass is 1940 g/mol. The summed E-state index contributed by atoms with van der Waals surface area (Å²) in [4.78, 5) is 157. The number of rotatable bonds is 15. The number of amides is 5. The van der Waals surface area contributed by atoms with E-state index < -0.39 is 41.5 Å². The van der Waals surface area contributed by atoms with Crippen LogP contribution < -0.4 is 47.0 Å². The Balaban J connectivity index is 0.000000117. The third-order valence-corrected chi connectivity index (χ3v) is 24.1. The van der Waals surface area contributed by atoms with Gasteiger partial charge in [0, 0.05) is 190 Å². The lowest BCUT2D eigenvalue weighted by atomic mass is 10.0. The number of piperazine rings is 2. The van der Waals surface area contributed by atoms with Crippen LogP contribution in [0.15, 0.2) is 173 Å². The maximum Gasteiger partial charge on any atom is 0.434 e. The van der Waals surface area contributed by atoms with Crippen molar-refractivity contribution in [3.63, 3.8) is 0 Å². The third-order valence-electron chi connectivity index (χ3n) is 24.1. The fourth-order valence-corrected chi connectivity index (χ4v) is 16.9. The van der Waals surface area contributed by atoms with Gasteiger partial charge >= 0.3 is 12.4 Å². The summed E-state index contributed by atoms with van der Waals surface area (Å²) in [6, 6.07) is 9.25. The Kier molecular flexibility index (Phi) is 27.3. The highest BCUT2D eigenvalue weighted by molar-refractivity contribution is 5.92. The van der Waals surface area contributed by atoms with Gasteiger partial charge in [-0.2, -0.15) is 36.5 Å². The number of fused-ring (bicyclic) bond motifs is 5. The number of alkyl halides is 6. The quantitative estimate of drug-likeness (QED) is 0.0557. The van der Waals surface area contributed by atoms with Gasteiger partial charge in [-0.05, 0) is 69.4 Å². The molecule has 0 aromatic carbocycles. The van der Waals surface area contributed by atoms with Crippen molar-refractivity contribution < 1.29 is 55.1 Å². The molecule has 52 heteroatoms. The van der Waals surface area contributed by atoms with Crippen molar-refractivity contribution in [3.8, 4) is 57.2 Å². The fraction of sp³-hybridized carbons (Fsp3) is 0.322. The van der Waals surface area contributed by atoms with E-state index in [0.29, 0.717) is 152 Å². The van der Waals surface area contributed by atoms with E-state index in [1.165, 1.54) is 52.4 Å². The van der Waals surface area contributed by atoms with Gasteiger partial charge in [-0.3, -0.25) is 56.2 Å². The maximum absolute atomic E-state index is 13.1. The van der Waals surface area contributed by atoms with Crippen LogP contribution >= 0.6 is 0 Å². The summed E-state index contributed by atoms with van der Waals surface area (Å²) in [5.41, 5.74) is 24.4. The molecule has 5 amide bonds. The number of halogens is 6. The summed E-state index contributed by atoms with van der Waals surface area (Å²) in [7, 11) is 0. The van der Waals surface area contributed by atoms with Crippen molar-refractivity contribution >= 4 is 87.3 Å². The van der Waals surface area contributed by atoms with E-state index in [1.807, 2.05) is 46.0 Å². The van der Waals surface area contributed by atoms with Gasteiger partial charge in [-0.15, -0.1) is 0 Å². The van der Waals surface area contributed by atoms with Crippen LogP contribution in [0.2, 0.25) is 0 Å². The number of primary amides is 3. The molecule has 0 spiro atoms. The number of aromatic nitrogens is 29. The Hall–Kier alpha value is -17.2. The van der Waals surface area contributed by atoms with Gasteiger partial charge in [0.05, 0.1) is 128 Å². The van der Waals surface area contributed by atoms with Crippen LogP contribution in [0, 0.1) is 12.8 Å². The fourth-order valence-electron chi connectivity index (χ4n) is 16.9. The highest BCUT2D eigenvalue weighted by atomic mass is 19.4. The van der Waals surface area contributed by atoms with Crippen molar-refractivity contribution in [1.29, 1.82) is 0 Å². The van der Waals surface area contributed by atoms with Crippen LogP contribution in [0.3, 0.4) is 0 Å². The number of H-pyrrole nitrogens is 2. The molecule has 0 bridgehead atoms. The molecule has 0 saturated carbocycles. The zero-order valence-electron chi connectivity index (χ0n) is 76.9. The van der Waals surface area contributed by atoms with Crippen LogP contribution in [0.1, 0.15) is 119 Å². The highest BCUT2D eigenvalue weighted by Crippen LogP contribution is 2.35. The van der Waals surface area contributed by atoms with Gasteiger partial charge in [0.15, 0.2) is 51.3 Å². The molecule has 5 aliphatic rings. The summed E-state index contributed by atoms with van der Waals surface area (Å²) in [6.45, 7) is 19.9. The topological polar surface area (TPSA) is 545 Å². The van der Waals surface area contributed by atoms with E-state index in [4.69, 9.17) is 31.9 Å². The van der Waals surface area contributed by atoms with Crippen molar-refractivity contribution in [2.75, 3.05) is 123 Å². The average molecular weight is 1940 g/mol. The lowest BCUT2D eigenvalue weighted by Crippen LogP contribution is -2.51. The van der Waals surface area contributed by atoms with Crippen LogP contribution in [0.5, 0.6) is 0 Å². The largest absolute Gasteiger partial charge is 0.434 e. The van der Waals surface area contributed by atoms with Crippen LogP contribution in [-0.4, -0.2) is 286 Å². The van der Waals surface area contributed by atoms with Crippen molar-refractivity contribution in [3.05, 3.63) is 218 Å². The molecule has 5 saturated heterocycles. The first kappa shape index (κ1) is 95.1. The predicted octanol–water partition coefficient (Wildman–Crippen LogP) is 7.10. The standard InChI is InChI=1S/C19H18F3N9.C18H15F3N8O.2C18H20N8O2.C17H19N7O/c1-11-8-30(9-13(28-11)12-4-26-27-5-12)16-2-3-23-18(29-16)14-6-25-17-7-24-15(10-31(14)17)19(20,21)22;19-18(20,21)15-10-29-13(7-24-16(29)8-23-15)12-1-2-22-17(27-12)28-3-4-30-14(9-28)11-5-25-26-6-11;1-11-7-13(15-8-21-16-9-20-14(17(19)28)10-26(15)16)23-18(22-11)25-5-3-24(4-6-25)12(2)27;1-12(27)24-5-2-6-25(8-7-24)15-3-4-20-18(23-15)14-9-22-16-10-21-13(17(19)28)11-26(14)16;1-11-3-2-6-23(9-11)17-19-5-4-12(22-17)14-7-21-15-8-20-13(16(18)25)10-24(14)15/h2-7,10-11,13,28H,8-9H2,1H3,(H,26,27);1-2,5-8,10,14H,3-4,9H2,(H,25,26);7-10H,3-6H2,1-2H3,(H2,19,28);3-4,9-11H,2,5-8H2,1H3,(H2,19,28);4-5,7-8,10-11H,2-3,6,9H2,1H3,(H2,18,25). The molecule has 22 heterocycles. The van der Waals surface area contributed by atoms with Gasteiger partial charge in [0.1, 0.15) is 46.2 Å². The van der Waals surface area contributed by atoms with E-state index in [2.05, 4.69) is 149 Å². The molecule has 142 heavy (non-hydrogen) atoms. The van der Waals surface area contributed by atoms with Gasteiger partial charge < -0.3 is 61.6 Å². The van der Waals surface area contributed by atoms with Crippen LogP contribution in [0.25, 0.3) is 85.4 Å². The van der Waals surface area contributed by atoms with Crippen LogP contribution in [0.4, 0.5) is 55.8 Å². The molecule has 4 atom stereocenters. The molecule has 22 rings (SSSR count). The molecule has 4 unspecified atom stereocenters. The molecular weight excluding hydrogens is 1850 g/mol. The minimum atomic E-state index is -4.56. The van der Waals surface area contributed by atoms with Crippen molar-refractivity contribution in [2.24, 2.45) is 23.1 Å². The molecular formula is C90H92F6N40O6. The van der Waals surface area contributed by atoms with Gasteiger partial charge in [0.2, 0.25) is 29.7 Å². The Morgan fingerprint density at radius 3 is 1.33 bits per heavy atom. The number of piperidine rings is 1. The van der Waals surface area contributed by atoms with E-state index >= 15 is 0 Å². The summed E-state index contributed by atoms with van der Waals surface area (Å²) < 4.78 is 92.2. The number of nitrogens with one attached hydrogen (secondary N) is 3. The molecule has 9 N–H and O–H groups in total. The minimum absolute atomic E-state index is 0.0668. The number of hydrogen-bond donors (Lipinski definition) is 6. The smallest absolute Gasteiger partial charge is 0.370 e. The van der Waals surface area contributed by atoms with Gasteiger partial charge in [-0.1, -0.05) is 6.92 Å². The number of nitrogens with two attached hydrogens (primary N) is 3. The molecule has 5 fully saturated rings. The number of hydrogen-bond acceptors (Lipinski definition) is 34. The summed E-state index contributed by atoms with van der Waals surface area (Å²) in [5, 5.41) is 17.1. The van der Waals surface area contributed by atoms with Crippen LogP contribution in [-0.2, 0) is 26.7 Å². The number of morpholine rings is 1. The second-order valence-electron chi connectivity index (χ2n) is 33.9. The maximum atomic E-state index is 13.1. The summed E-state index contributed by atoms with van der Waals surface area (Å²) in [5.74, 6) is 3.05. The van der Waals surface area contributed by atoms with Gasteiger partial charge in [0.25, 0.3) is 17.7 Å². The zero-order chi connectivity index (χ0) is 99.2. The number of anilines is 5. The molecule has 17 aromatic heterocycles. The summed E-state index contributed by atoms with van der Waals surface area (Å²) in [6.07, 6.45) is 28.9. The number of aryl methyl sites for hydroxylation is 1. The predicted molar refractivity (Wildman–Crippen MR) is 500 cm³/mol. The molecule has 17 aromatic rings. The van der Waals surface area contributed by atoms with E-state index in [9.17, 15) is 50.3 Å². The molecule has 46 nitrogen and oxygen atoms in total. The number of carbonyl (C=O) groups is 5. The second kappa shape index (κ2) is 40.8. The zero-order valence-corrected chi connectivity index (χ0v) is 76.9. The molecule has 0 radical (unpaired) electrons. The Morgan fingerprint density at radius 2 is 0.838 bits per heavy atom. The Bertz CT molecular complexity index is 7450. The summed E-state index contributed by atoms with van der Waals surface area (Å²) >= 11 is 0. The number of ether oxygens (including phenoxy) is 1. The third kappa shape index (κ3) is 21.4. The van der Waals surface area contributed by atoms with E-state index in [0.717, 1.165) is 110 Å². The number of carbonyl (C=O) groups excluding carboxylic acids is 5. The first-order valence-electron chi connectivity index (χ1n) is 44.9. The minimum Gasteiger partial charge on any atom is -0.370 e. The lowest BCUT2D eigenvalue weighted by Gasteiger charge is -2.38. The lowest BCUT2D eigenvalue weighted by molar-refractivity contribution is -0.142. The Labute approximate surface area is 801 Å². The molecule has 0 aliphatic carbocycles. The van der Waals surface area contributed by atoms with Crippen molar-refractivity contribution in [1.82, 2.24) is 157 Å². The Morgan fingerprint density at radius 1 is 0.401 bits per heavy atom. The normalized spacial score (nSPS) is 17.0. The first-order chi connectivity index (χ1) is 68.4. The number of nitrogens with zero attached hydrogens (tertiary/aromatic N) is 34.